The molecule has 0 saturated carbocycles. The van der Waals surface area contributed by atoms with E-state index in [0.717, 1.165) is 24.6 Å². The molecule has 0 unspecified atom stereocenters. The highest BCUT2D eigenvalue weighted by molar-refractivity contribution is 5.81. The van der Waals surface area contributed by atoms with Gasteiger partial charge in [0, 0.05) is 6.08 Å². The van der Waals surface area contributed by atoms with Crippen molar-refractivity contribution in [1.82, 2.24) is 5.32 Å². The summed E-state index contributed by atoms with van der Waals surface area (Å²) in [5.74, 6) is -0.142. The van der Waals surface area contributed by atoms with Gasteiger partial charge in [0.15, 0.2) is 0 Å². The Labute approximate surface area is 164 Å². The number of carboxylic acids is 1. The highest BCUT2D eigenvalue weighted by Gasteiger charge is 2.39. The average molecular weight is 370 g/mol. The van der Waals surface area contributed by atoms with Crippen LogP contribution in [0.15, 0.2) is 58.7 Å². The second kappa shape index (κ2) is 9.89. The number of rotatable bonds is 6. The summed E-state index contributed by atoms with van der Waals surface area (Å²) in [7, 11) is 0. The van der Waals surface area contributed by atoms with Gasteiger partial charge in [-0.2, -0.15) is 0 Å². The van der Waals surface area contributed by atoms with Crippen LogP contribution in [0.2, 0.25) is 0 Å². The molecule has 3 heteroatoms. The third-order valence-corrected chi connectivity index (χ3v) is 6.15. The SMILES string of the molecule is CC1=C(/C=C/C(C)=C/C=C/C(C)=C/C(=O)O)[C@@](C)(C2CCNCC2)CCC1. The molecule has 0 amide bonds. The van der Waals surface area contributed by atoms with E-state index in [2.05, 4.69) is 38.2 Å². The maximum absolute atomic E-state index is 10.7. The van der Waals surface area contributed by atoms with Gasteiger partial charge in [0.05, 0.1) is 0 Å². The van der Waals surface area contributed by atoms with Crippen LogP contribution >= 0.6 is 0 Å². The first-order valence-electron chi connectivity index (χ1n) is 10.2. The Morgan fingerprint density at radius 3 is 2.56 bits per heavy atom. The normalized spacial score (nSPS) is 26.4. The standard InChI is InChI=1S/C24H35NO2/c1-18(7-5-8-19(2)17-23(26)27)10-11-22-20(3)9-6-14-24(22,4)21-12-15-25-16-13-21/h5,7-8,10-11,17,21,25H,6,9,12-16H2,1-4H3,(H,26,27)/b8-5+,11-10+,18-7+,19-17+/t24-/m1/s1. The van der Waals surface area contributed by atoms with Gasteiger partial charge in [-0.3, -0.25) is 0 Å². The highest BCUT2D eigenvalue weighted by atomic mass is 16.4. The molecule has 27 heavy (non-hydrogen) atoms. The van der Waals surface area contributed by atoms with Crippen molar-refractivity contribution in [3.63, 3.8) is 0 Å². The van der Waals surface area contributed by atoms with E-state index in [1.54, 1.807) is 18.1 Å². The molecule has 1 saturated heterocycles. The number of nitrogens with one attached hydrogen (secondary N) is 1. The maximum atomic E-state index is 10.7. The summed E-state index contributed by atoms with van der Waals surface area (Å²) in [6, 6.07) is 0. The maximum Gasteiger partial charge on any atom is 0.328 e. The number of hydrogen-bond acceptors (Lipinski definition) is 2. The summed E-state index contributed by atoms with van der Waals surface area (Å²) in [5, 5.41) is 12.3. The van der Waals surface area contributed by atoms with Crippen LogP contribution in [0, 0.1) is 11.3 Å². The molecule has 2 rings (SSSR count). The van der Waals surface area contributed by atoms with Gasteiger partial charge in [-0.25, -0.2) is 4.79 Å². The van der Waals surface area contributed by atoms with Gasteiger partial charge < -0.3 is 10.4 Å². The highest BCUT2D eigenvalue weighted by Crippen LogP contribution is 2.49. The summed E-state index contributed by atoms with van der Waals surface area (Å²) in [6.07, 6.45) is 17.9. The minimum absolute atomic E-state index is 0.290. The van der Waals surface area contributed by atoms with Gasteiger partial charge in [-0.1, -0.05) is 48.5 Å². The minimum Gasteiger partial charge on any atom is -0.478 e. The Morgan fingerprint density at radius 1 is 1.19 bits per heavy atom. The Bertz CT molecular complexity index is 687. The van der Waals surface area contributed by atoms with Crippen LogP contribution in [0.4, 0.5) is 0 Å². The number of hydrogen-bond donors (Lipinski definition) is 2. The lowest BCUT2D eigenvalue weighted by Crippen LogP contribution is -2.39. The topological polar surface area (TPSA) is 49.3 Å². The number of carboxylic acid groups (broad SMARTS) is 1. The molecule has 1 atom stereocenters. The molecule has 148 valence electrons. The predicted molar refractivity (Wildman–Crippen MR) is 114 cm³/mol. The van der Waals surface area contributed by atoms with Gasteiger partial charge in [-0.05, 0) is 88.4 Å². The number of aliphatic carboxylic acids is 1. The second-order valence-corrected chi connectivity index (χ2v) is 8.32. The molecule has 2 N–H and O–H groups in total. The summed E-state index contributed by atoms with van der Waals surface area (Å²) < 4.78 is 0. The largest absolute Gasteiger partial charge is 0.478 e. The van der Waals surface area contributed by atoms with E-state index in [1.165, 1.54) is 43.8 Å². The fourth-order valence-corrected chi connectivity index (χ4v) is 4.56. The van der Waals surface area contributed by atoms with Crippen molar-refractivity contribution in [2.24, 2.45) is 11.3 Å². The van der Waals surface area contributed by atoms with E-state index in [4.69, 9.17) is 5.11 Å². The van der Waals surface area contributed by atoms with Gasteiger partial charge >= 0.3 is 5.97 Å². The van der Waals surface area contributed by atoms with E-state index < -0.39 is 5.97 Å². The first-order chi connectivity index (χ1) is 12.8. The van der Waals surface area contributed by atoms with E-state index >= 15 is 0 Å². The summed E-state index contributed by atoms with van der Waals surface area (Å²) in [6.45, 7) is 11.0. The van der Waals surface area contributed by atoms with Gasteiger partial charge in [0.2, 0.25) is 0 Å². The Hall–Kier alpha value is -1.87. The molecule has 0 aromatic carbocycles. The second-order valence-electron chi connectivity index (χ2n) is 8.32. The van der Waals surface area contributed by atoms with Crippen molar-refractivity contribution in [1.29, 1.82) is 0 Å². The molecule has 0 aromatic heterocycles. The van der Waals surface area contributed by atoms with Crippen molar-refractivity contribution in [2.75, 3.05) is 13.1 Å². The fraction of sp³-hybridized carbons (Fsp3) is 0.542. The minimum atomic E-state index is -0.908. The van der Waals surface area contributed by atoms with Gasteiger partial charge in [-0.15, -0.1) is 0 Å². The fourth-order valence-electron chi connectivity index (χ4n) is 4.56. The van der Waals surface area contributed by atoms with Crippen molar-refractivity contribution < 1.29 is 9.90 Å². The van der Waals surface area contributed by atoms with Crippen LogP contribution in [0.1, 0.15) is 59.8 Å². The van der Waals surface area contributed by atoms with Crippen LogP contribution in [-0.4, -0.2) is 24.2 Å². The third-order valence-electron chi connectivity index (χ3n) is 6.15. The molecular weight excluding hydrogens is 334 g/mol. The molecule has 0 bridgehead atoms. The first kappa shape index (κ1) is 21.4. The lowest BCUT2D eigenvalue weighted by molar-refractivity contribution is -0.131. The lowest BCUT2D eigenvalue weighted by Gasteiger charge is -2.45. The van der Waals surface area contributed by atoms with E-state index in [-0.39, 0.29) is 5.41 Å². The molecule has 1 aliphatic carbocycles. The zero-order valence-corrected chi connectivity index (χ0v) is 17.3. The van der Waals surface area contributed by atoms with Gasteiger partial charge in [0.1, 0.15) is 0 Å². The van der Waals surface area contributed by atoms with Gasteiger partial charge in [0.25, 0.3) is 0 Å². The molecule has 1 aliphatic heterocycles. The molecule has 1 heterocycles. The molecular formula is C24H35NO2. The zero-order chi connectivity index (χ0) is 19.9. The predicted octanol–water partition coefficient (Wildman–Crippen LogP) is 5.58. The Balaban J connectivity index is 2.15. The number of allylic oxidation sites excluding steroid dienone is 9. The molecule has 0 spiro atoms. The monoisotopic (exact) mass is 369 g/mol. The summed E-state index contributed by atoms with van der Waals surface area (Å²) in [4.78, 5) is 10.7. The van der Waals surface area contributed by atoms with Crippen molar-refractivity contribution in [3.05, 3.63) is 58.7 Å². The van der Waals surface area contributed by atoms with Crippen LogP contribution in [0.25, 0.3) is 0 Å². The molecule has 1 fully saturated rings. The van der Waals surface area contributed by atoms with Crippen molar-refractivity contribution in [3.8, 4) is 0 Å². The summed E-state index contributed by atoms with van der Waals surface area (Å²) in [5.41, 5.74) is 5.28. The van der Waals surface area contributed by atoms with E-state index in [9.17, 15) is 4.79 Å². The number of carbonyl (C=O) groups is 1. The first-order valence-corrected chi connectivity index (χ1v) is 10.2. The Morgan fingerprint density at radius 2 is 1.89 bits per heavy atom. The van der Waals surface area contributed by atoms with Crippen molar-refractivity contribution in [2.45, 2.75) is 59.8 Å². The summed E-state index contributed by atoms with van der Waals surface area (Å²) >= 11 is 0. The zero-order valence-electron chi connectivity index (χ0n) is 17.3. The Kier molecular flexibility index (Phi) is 7.85. The van der Waals surface area contributed by atoms with Crippen molar-refractivity contribution >= 4 is 5.97 Å². The van der Waals surface area contributed by atoms with Crippen LogP contribution in [-0.2, 0) is 4.79 Å². The molecule has 0 radical (unpaired) electrons. The molecule has 2 aliphatic rings. The number of piperidine rings is 1. The lowest BCUT2D eigenvalue weighted by atomic mass is 9.61. The average Bonchev–Trinajstić information content (AvgIpc) is 2.61. The van der Waals surface area contributed by atoms with E-state index in [0.29, 0.717) is 0 Å². The van der Waals surface area contributed by atoms with Crippen LogP contribution in [0.5, 0.6) is 0 Å². The van der Waals surface area contributed by atoms with E-state index in [1.807, 2.05) is 18.2 Å². The third kappa shape index (κ3) is 6.07. The quantitative estimate of drug-likeness (QED) is 0.474. The van der Waals surface area contributed by atoms with Crippen LogP contribution in [0.3, 0.4) is 0 Å². The smallest absolute Gasteiger partial charge is 0.328 e. The molecule has 0 aromatic rings. The molecule has 3 nitrogen and oxygen atoms in total. The van der Waals surface area contributed by atoms with Crippen LogP contribution < -0.4 is 5.32 Å².